The second kappa shape index (κ2) is 18.3. The largest absolute Gasteiger partial charge is 0.481 e. The molecule has 25 atom stereocenters. The standard InChI is InChI=1S/C48H76O19/c1-20-10-15-47(43(61)67-41-36(57)33(54)31(52)25(19-50)64-41)16-17-48(42(59)60)23(29(47)21(20)2)8-9-27-45(6)13-12-28(44(4,5)26(45)11-14-46(27,48)7)65-39-37(58)34(55)38(22(3)62-39)66-40-35(56)32(53)30(51)24(18-49)63-40/h8,20-22,24-41,49-58H,9-19H2,1-7H3,(H,59,60)/t20-,21+,22-,24+,25-,26+,27+,28+,29+,30+,31+,32-,33+,34+,35+,36+,37-,38+,39+,40-,41+,45+,46-,47+,48-/m1/s1. The van der Waals surface area contributed by atoms with Gasteiger partial charge >= 0.3 is 11.9 Å². The quantitative estimate of drug-likeness (QED) is 0.0829. The van der Waals surface area contributed by atoms with E-state index in [2.05, 4.69) is 47.6 Å². The monoisotopic (exact) mass is 956 g/mol. The Kier molecular flexibility index (Phi) is 14.0. The Morgan fingerprint density at radius 3 is 1.85 bits per heavy atom. The van der Waals surface area contributed by atoms with E-state index >= 15 is 0 Å². The molecule has 382 valence electrons. The molecule has 0 spiro atoms. The lowest BCUT2D eigenvalue weighted by atomic mass is 9.33. The molecule has 5 aliphatic carbocycles. The zero-order chi connectivity index (χ0) is 49.1. The summed E-state index contributed by atoms with van der Waals surface area (Å²) in [6.45, 7) is 13.1. The van der Waals surface area contributed by atoms with Gasteiger partial charge in [-0.1, -0.05) is 53.2 Å². The Hall–Kier alpha value is -1.92. The van der Waals surface area contributed by atoms with Crippen molar-refractivity contribution in [3.8, 4) is 0 Å². The molecule has 0 aromatic heterocycles. The van der Waals surface area contributed by atoms with Crippen LogP contribution in [0.4, 0.5) is 0 Å². The summed E-state index contributed by atoms with van der Waals surface area (Å²) in [5.74, 6) is -2.10. The summed E-state index contributed by atoms with van der Waals surface area (Å²) in [6, 6.07) is 0. The number of aliphatic carboxylic acids is 1. The van der Waals surface area contributed by atoms with Gasteiger partial charge in [-0.25, -0.2) is 0 Å². The van der Waals surface area contributed by atoms with Crippen LogP contribution in [0, 0.1) is 56.7 Å². The van der Waals surface area contributed by atoms with Crippen LogP contribution in [0.15, 0.2) is 11.6 Å². The average molecular weight is 957 g/mol. The summed E-state index contributed by atoms with van der Waals surface area (Å²) in [5.41, 5.74) is -3.35. The zero-order valence-electron chi connectivity index (χ0n) is 39.7. The number of carboxylic acids is 1. The van der Waals surface area contributed by atoms with Crippen LogP contribution < -0.4 is 0 Å². The fraction of sp³-hybridized carbons (Fsp3) is 0.917. The molecule has 19 nitrogen and oxygen atoms in total. The van der Waals surface area contributed by atoms with Crippen LogP contribution >= 0.6 is 0 Å². The maximum atomic E-state index is 14.7. The average Bonchev–Trinajstić information content (AvgIpc) is 3.28. The summed E-state index contributed by atoms with van der Waals surface area (Å²) < 4.78 is 35.6. The molecule has 8 aliphatic rings. The van der Waals surface area contributed by atoms with Crippen molar-refractivity contribution in [1.82, 2.24) is 0 Å². The van der Waals surface area contributed by atoms with Crippen molar-refractivity contribution >= 4 is 11.9 Å². The number of rotatable bonds is 9. The van der Waals surface area contributed by atoms with Gasteiger partial charge in [-0.2, -0.15) is 0 Å². The van der Waals surface area contributed by atoms with Gasteiger partial charge < -0.3 is 84.6 Å². The summed E-state index contributed by atoms with van der Waals surface area (Å²) in [4.78, 5) is 29.1. The maximum Gasteiger partial charge on any atom is 0.315 e. The Morgan fingerprint density at radius 2 is 1.24 bits per heavy atom. The summed E-state index contributed by atoms with van der Waals surface area (Å²) in [5, 5.41) is 117. The molecular weight excluding hydrogens is 881 g/mol. The van der Waals surface area contributed by atoms with Crippen molar-refractivity contribution in [2.75, 3.05) is 13.2 Å². The number of esters is 1. The predicted molar refractivity (Wildman–Crippen MR) is 231 cm³/mol. The number of fused-ring (bicyclic) bond motifs is 7. The molecule has 4 saturated carbocycles. The number of carboxylic acid groups (broad SMARTS) is 1. The fourth-order valence-electron chi connectivity index (χ4n) is 15.4. The van der Waals surface area contributed by atoms with Gasteiger partial charge in [0.15, 0.2) is 12.6 Å². The van der Waals surface area contributed by atoms with Crippen molar-refractivity contribution in [2.45, 2.75) is 204 Å². The molecular formula is C48H76O19. The molecule has 3 aliphatic heterocycles. The van der Waals surface area contributed by atoms with E-state index in [-0.39, 0.29) is 41.9 Å². The minimum absolute atomic E-state index is 0.0350. The van der Waals surface area contributed by atoms with E-state index in [9.17, 15) is 65.8 Å². The number of aliphatic hydroxyl groups is 10. The third kappa shape index (κ3) is 7.70. The number of carbonyl (C=O) groups excluding carboxylic acids is 1. The summed E-state index contributed by atoms with van der Waals surface area (Å²) >= 11 is 0. The molecule has 67 heavy (non-hydrogen) atoms. The lowest BCUT2D eigenvalue weighted by Gasteiger charge is -2.70. The first-order chi connectivity index (χ1) is 31.4. The molecule has 11 N–H and O–H groups in total. The van der Waals surface area contributed by atoms with Crippen molar-refractivity contribution < 1.29 is 94.2 Å². The number of hydrogen-bond acceptors (Lipinski definition) is 18. The molecule has 7 fully saturated rings. The fourth-order valence-corrected chi connectivity index (χ4v) is 15.4. The highest BCUT2D eigenvalue weighted by atomic mass is 16.7. The first-order valence-corrected chi connectivity index (χ1v) is 24.5. The van der Waals surface area contributed by atoms with Crippen molar-refractivity contribution in [3.05, 3.63) is 11.6 Å². The van der Waals surface area contributed by atoms with E-state index in [1.165, 1.54) is 0 Å². The lowest BCUT2D eigenvalue weighted by Crippen LogP contribution is -2.68. The number of ether oxygens (including phenoxy) is 6. The molecule has 0 amide bonds. The molecule has 0 unspecified atom stereocenters. The first kappa shape index (κ1) is 51.4. The lowest BCUT2D eigenvalue weighted by molar-refractivity contribution is -0.364. The van der Waals surface area contributed by atoms with Gasteiger partial charge in [0.1, 0.15) is 67.1 Å². The van der Waals surface area contributed by atoms with Gasteiger partial charge in [0.25, 0.3) is 0 Å². The molecule has 0 bridgehead atoms. The topological polar surface area (TPSA) is 312 Å². The van der Waals surface area contributed by atoms with Gasteiger partial charge in [-0.3, -0.25) is 9.59 Å². The van der Waals surface area contributed by atoms with Gasteiger partial charge in [0.2, 0.25) is 6.29 Å². The van der Waals surface area contributed by atoms with Crippen molar-refractivity contribution in [3.63, 3.8) is 0 Å². The number of hydrogen-bond donors (Lipinski definition) is 11. The second-order valence-corrected chi connectivity index (χ2v) is 22.8. The third-order valence-electron chi connectivity index (χ3n) is 19.4. The van der Waals surface area contributed by atoms with Gasteiger partial charge in [-0.05, 0) is 111 Å². The van der Waals surface area contributed by atoms with E-state index in [0.717, 1.165) is 5.57 Å². The molecule has 0 radical (unpaired) electrons. The second-order valence-electron chi connectivity index (χ2n) is 22.8. The van der Waals surface area contributed by atoms with Gasteiger partial charge in [0.05, 0.1) is 36.3 Å². The van der Waals surface area contributed by atoms with E-state index in [1.807, 2.05) is 0 Å². The third-order valence-corrected chi connectivity index (χ3v) is 19.4. The minimum atomic E-state index is -1.78. The smallest absolute Gasteiger partial charge is 0.315 e. The normalized spacial score (nSPS) is 54.0. The number of aliphatic hydroxyl groups excluding tert-OH is 10. The van der Waals surface area contributed by atoms with Crippen LogP contribution in [0.3, 0.4) is 0 Å². The Labute approximate surface area is 391 Å². The van der Waals surface area contributed by atoms with Crippen molar-refractivity contribution in [2.24, 2.45) is 56.7 Å². The highest BCUT2D eigenvalue weighted by Crippen LogP contribution is 2.76. The van der Waals surface area contributed by atoms with Crippen LogP contribution in [0.5, 0.6) is 0 Å². The van der Waals surface area contributed by atoms with E-state index in [1.54, 1.807) is 6.92 Å². The van der Waals surface area contributed by atoms with E-state index in [0.29, 0.717) is 44.9 Å². The summed E-state index contributed by atoms with van der Waals surface area (Å²) in [6.07, 6.45) is -16.3. The Bertz CT molecular complexity index is 1860. The molecule has 3 heterocycles. The molecule has 19 heteroatoms. The number of carbonyl (C=O) groups is 2. The predicted octanol–water partition coefficient (Wildman–Crippen LogP) is 0.0887. The summed E-state index contributed by atoms with van der Waals surface area (Å²) in [7, 11) is 0. The van der Waals surface area contributed by atoms with E-state index < -0.39 is 151 Å². The van der Waals surface area contributed by atoms with Gasteiger partial charge in [-0.15, -0.1) is 0 Å². The highest BCUT2D eigenvalue weighted by Gasteiger charge is 2.74. The molecule has 0 aromatic rings. The SMILES string of the molecule is C[C@H]1[C@H](C)CC[C@]2(C(=O)O[C@@H]3O[C@H](CO)[C@H](O)[C@H](O)[C@@H]3O)CC[C@]3(C(=O)O)C(=CC[C@H]4[C@@]5(C)CC[C@H](O[C@@H]6O[C@H](C)[C@H](O[C@H]7O[C@@H](CO)[C@H](O)[C@@H](O)[C@@H]7O)[C@@H](O)[C@H]6O)C(C)(C)[C@@H]5CC[C@]43C)[C@H]12. The Morgan fingerprint density at radius 1 is 0.657 bits per heavy atom. The highest BCUT2D eigenvalue weighted by molar-refractivity contribution is 5.85. The van der Waals surface area contributed by atoms with Crippen LogP contribution in [0.2, 0.25) is 0 Å². The molecule has 3 saturated heterocycles. The first-order valence-electron chi connectivity index (χ1n) is 24.5. The molecule has 0 aromatic carbocycles. The number of allylic oxidation sites excluding steroid dienone is 1. The van der Waals surface area contributed by atoms with Crippen LogP contribution in [0.25, 0.3) is 0 Å². The van der Waals surface area contributed by atoms with Crippen LogP contribution in [-0.2, 0) is 38.0 Å². The zero-order valence-corrected chi connectivity index (χ0v) is 39.7. The van der Waals surface area contributed by atoms with Gasteiger partial charge in [0, 0.05) is 0 Å². The van der Waals surface area contributed by atoms with Crippen molar-refractivity contribution in [1.29, 1.82) is 0 Å². The minimum Gasteiger partial charge on any atom is -0.481 e. The van der Waals surface area contributed by atoms with Crippen LogP contribution in [-0.4, -0.2) is 180 Å². The Balaban J connectivity index is 1.03. The van der Waals surface area contributed by atoms with Crippen LogP contribution in [0.1, 0.15) is 106 Å². The molecule has 8 rings (SSSR count). The van der Waals surface area contributed by atoms with E-state index in [4.69, 9.17) is 28.4 Å². The maximum absolute atomic E-state index is 14.7.